The first-order chi connectivity index (χ1) is 5.49. The van der Waals surface area contributed by atoms with E-state index in [1.54, 1.807) is 6.92 Å². The van der Waals surface area contributed by atoms with Crippen LogP contribution in [-0.4, -0.2) is 29.3 Å². The summed E-state index contributed by atoms with van der Waals surface area (Å²) < 4.78 is 4.90. The fraction of sp³-hybridized carbons (Fsp3) is 0.875. The van der Waals surface area contributed by atoms with Crippen LogP contribution in [0.4, 0.5) is 0 Å². The Bertz CT molecular complexity index is 152. The van der Waals surface area contributed by atoms with E-state index in [4.69, 9.17) is 15.6 Å². The Morgan fingerprint density at radius 2 is 2.00 bits per heavy atom. The molecule has 0 radical (unpaired) electrons. The monoisotopic (exact) mass is 211 g/mol. The third-order valence-corrected chi connectivity index (χ3v) is 1.68. The summed E-state index contributed by atoms with van der Waals surface area (Å²) >= 11 is 0. The number of ether oxygens (including phenoxy) is 1. The van der Waals surface area contributed by atoms with Gasteiger partial charge in [-0.2, -0.15) is 0 Å². The van der Waals surface area contributed by atoms with E-state index >= 15 is 0 Å². The standard InChI is InChI=1S/C8H17NO3.ClH/c1-4-5(2)12-8(11)7(9)6(3)10;/h5-7,10H,4,9H2,1-3H3;1H/t5?,6-,7+;/m1./s1. The molecule has 4 nitrogen and oxygen atoms in total. The van der Waals surface area contributed by atoms with Gasteiger partial charge in [-0.25, -0.2) is 0 Å². The molecule has 0 aromatic rings. The average molecular weight is 212 g/mol. The van der Waals surface area contributed by atoms with Crippen molar-refractivity contribution in [3.63, 3.8) is 0 Å². The van der Waals surface area contributed by atoms with Crippen LogP contribution in [0.3, 0.4) is 0 Å². The van der Waals surface area contributed by atoms with E-state index in [1.165, 1.54) is 6.92 Å². The van der Waals surface area contributed by atoms with Crippen LogP contribution in [0.25, 0.3) is 0 Å². The maximum absolute atomic E-state index is 11.0. The molecule has 3 atom stereocenters. The van der Waals surface area contributed by atoms with Gasteiger partial charge in [-0.3, -0.25) is 4.79 Å². The predicted molar refractivity (Wildman–Crippen MR) is 52.7 cm³/mol. The van der Waals surface area contributed by atoms with Gasteiger partial charge in [-0.05, 0) is 20.3 Å². The summed E-state index contributed by atoms with van der Waals surface area (Å²) in [5, 5.41) is 8.95. The summed E-state index contributed by atoms with van der Waals surface area (Å²) in [6.07, 6.45) is -0.248. The molecular formula is C8H18ClNO3. The van der Waals surface area contributed by atoms with Gasteiger partial charge in [0, 0.05) is 0 Å². The zero-order valence-corrected chi connectivity index (χ0v) is 9.00. The molecule has 5 heteroatoms. The zero-order valence-electron chi connectivity index (χ0n) is 8.19. The highest BCUT2D eigenvalue weighted by Gasteiger charge is 2.21. The number of carbonyl (C=O) groups excluding carboxylic acids is 1. The minimum Gasteiger partial charge on any atom is -0.461 e. The van der Waals surface area contributed by atoms with E-state index in [0.29, 0.717) is 0 Å². The van der Waals surface area contributed by atoms with Gasteiger partial charge >= 0.3 is 5.97 Å². The molecule has 0 saturated heterocycles. The fourth-order valence-electron chi connectivity index (χ4n) is 0.557. The van der Waals surface area contributed by atoms with Crippen molar-refractivity contribution in [3.05, 3.63) is 0 Å². The number of hydrogen-bond acceptors (Lipinski definition) is 4. The van der Waals surface area contributed by atoms with E-state index in [9.17, 15) is 4.79 Å². The van der Waals surface area contributed by atoms with Crippen molar-refractivity contribution < 1.29 is 14.6 Å². The average Bonchev–Trinajstić information content (AvgIpc) is 2.02. The summed E-state index contributed by atoms with van der Waals surface area (Å²) in [6, 6.07) is -0.931. The summed E-state index contributed by atoms with van der Waals surface area (Å²) in [4.78, 5) is 11.0. The molecule has 0 spiro atoms. The molecule has 13 heavy (non-hydrogen) atoms. The van der Waals surface area contributed by atoms with Gasteiger partial charge in [-0.1, -0.05) is 6.92 Å². The molecule has 0 heterocycles. The minimum absolute atomic E-state index is 0. The number of halogens is 1. The smallest absolute Gasteiger partial charge is 0.325 e. The molecule has 0 rings (SSSR count). The number of hydrogen-bond donors (Lipinski definition) is 2. The van der Waals surface area contributed by atoms with E-state index < -0.39 is 18.1 Å². The summed E-state index contributed by atoms with van der Waals surface area (Å²) in [5.41, 5.74) is 5.34. The Hall–Kier alpha value is -0.320. The third-order valence-electron chi connectivity index (χ3n) is 1.68. The molecule has 0 aliphatic carbocycles. The lowest BCUT2D eigenvalue weighted by Crippen LogP contribution is -2.42. The second kappa shape index (κ2) is 7.12. The lowest BCUT2D eigenvalue weighted by molar-refractivity contribution is -0.152. The second-order valence-electron chi connectivity index (χ2n) is 2.92. The molecule has 0 aromatic heterocycles. The maximum atomic E-state index is 11.0. The summed E-state index contributed by atoms with van der Waals surface area (Å²) in [6.45, 7) is 5.15. The molecule has 0 fully saturated rings. The van der Waals surface area contributed by atoms with Crippen LogP contribution < -0.4 is 5.73 Å². The first-order valence-corrected chi connectivity index (χ1v) is 4.13. The van der Waals surface area contributed by atoms with Crippen molar-refractivity contribution in [2.75, 3.05) is 0 Å². The zero-order chi connectivity index (χ0) is 9.72. The van der Waals surface area contributed by atoms with Gasteiger partial charge in [0.1, 0.15) is 6.04 Å². The molecule has 1 unspecified atom stereocenters. The van der Waals surface area contributed by atoms with Crippen LogP contribution >= 0.6 is 12.4 Å². The number of aliphatic hydroxyl groups is 1. The molecule has 0 aliphatic heterocycles. The van der Waals surface area contributed by atoms with Crippen molar-refractivity contribution in [1.29, 1.82) is 0 Å². The van der Waals surface area contributed by atoms with Crippen molar-refractivity contribution in [3.8, 4) is 0 Å². The molecule has 0 bridgehead atoms. The number of carbonyl (C=O) groups is 1. The van der Waals surface area contributed by atoms with Gasteiger partial charge in [0.05, 0.1) is 12.2 Å². The van der Waals surface area contributed by atoms with E-state index in [-0.39, 0.29) is 18.5 Å². The van der Waals surface area contributed by atoms with Crippen LogP contribution in [0.15, 0.2) is 0 Å². The Morgan fingerprint density at radius 3 is 2.31 bits per heavy atom. The molecule has 3 N–H and O–H groups in total. The molecule has 0 saturated carbocycles. The summed E-state index contributed by atoms with van der Waals surface area (Å²) in [5.74, 6) is -0.542. The predicted octanol–water partition coefficient (Wildman–Crippen LogP) is 0.458. The molecule has 80 valence electrons. The Balaban J connectivity index is 0. The van der Waals surface area contributed by atoms with Crippen molar-refractivity contribution in [2.24, 2.45) is 5.73 Å². The van der Waals surface area contributed by atoms with Crippen LogP contribution in [0.5, 0.6) is 0 Å². The van der Waals surface area contributed by atoms with E-state index in [2.05, 4.69) is 0 Å². The highest BCUT2D eigenvalue weighted by molar-refractivity contribution is 5.85. The van der Waals surface area contributed by atoms with Gasteiger partial charge in [0.2, 0.25) is 0 Å². The van der Waals surface area contributed by atoms with Crippen LogP contribution in [0, 0.1) is 0 Å². The van der Waals surface area contributed by atoms with Crippen molar-refractivity contribution in [2.45, 2.75) is 45.4 Å². The minimum atomic E-state index is -0.931. The number of esters is 1. The lowest BCUT2D eigenvalue weighted by atomic mass is 10.2. The third kappa shape index (κ3) is 5.85. The SMILES string of the molecule is CCC(C)OC(=O)[C@@H](N)[C@@H](C)O.Cl. The molecular weight excluding hydrogens is 194 g/mol. The molecule has 0 aromatic carbocycles. The Morgan fingerprint density at radius 1 is 1.54 bits per heavy atom. The normalized spacial score (nSPS) is 16.7. The Kier molecular flexibility index (Phi) is 8.30. The fourth-order valence-corrected chi connectivity index (χ4v) is 0.557. The summed E-state index contributed by atoms with van der Waals surface area (Å²) in [7, 11) is 0. The lowest BCUT2D eigenvalue weighted by Gasteiger charge is -2.16. The molecule has 0 amide bonds. The largest absolute Gasteiger partial charge is 0.461 e. The van der Waals surface area contributed by atoms with Gasteiger partial charge < -0.3 is 15.6 Å². The number of rotatable bonds is 4. The van der Waals surface area contributed by atoms with Gasteiger partial charge in [0.15, 0.2) is 0 Å². The number of aliphatic hydroxyl groups excluding tert-OH is 1. The second-order valence-corrected chi connectivity index (χ2v) is 2.92. The quantitative estimate of drug-likeness (QED) is 0.663. The maximum Gasteiger partial charge on any atom is 0.325 e. The first kappa shape index (κ1) is 15.2. The van der Waals surface area contributed by atoms with Crippen LogP contribution in [0.2, 0.25) is 0 Å². The van der Waals surface area contributed by atoms with Crippen LogP contribution in [0.1, 0.15) is 27.2 Å². The Labute approximate surface area is 84.9 Å². The molecule has 0 aliphatic rings. The van der Waals surface area contributed by atoms with Crippen molar-refractivity contribution in [1.82, 2.24) is 0 Å². The van der Waals surface area contributed by atoms with Crippen LogP contribution in [-0.2, 0) is 9.53 Å². The van der Waals surface area contributed by atoms with E-state index in [1.807, 2.05) is 6.92 Å². The highest BCUT2D eigenvalue weighted by Crippen LogP contribution is 2.00. The van der Waals surface area contributed by atoms with Gasteiger partial charge in [-0.15, -0.1) is 12.4 Å². The highest BCUT2D eigenvalue weighted by atomic mass is 35.5. The van der Waals surface area contributed by atoms with E-state index in [0.717, 1.165) is 6.42 Å². The van der Waals surface area contributed by atoms with Crippen molar-refractivity contribution >= 4 is 18.4 Å². The number of nitrogens with two attached hydrogens (primary N) is 1. The topological polar surface area (TPSA) is 72.5 Å². The van der Waals surface area contributed by atoms with Gasteiger partial charge in [0.25, 0.3) is 0 Å². The first-order valence-electron chi connectivity index (χ1n) is 4.13.